The van der Waals surface area contributed by atoms with Gasteiger partial charge in [0.1, 0.15) is 6.54 Å². The minimum Gasteiger partial charge on any atom is -0.449 e. The van der Waals surface area contributed by atoms with E-state index in [2.05, 4.69) is 19.2 Å². The van der Waals surface area contributed by atoms with E-state index in [0.717, 1.165) is 24.0 Å². The Kier molecular flexibility index (Phi) is 6.12. The summed E-state index contributed by atoms with van der Waals surface area (Å²) < 4.78 is 5.92. The van der Waals surface area contributed by atoms with Gasteiger partial charge in [0.05, 0.1) is 5.69 Å². The largest absolute Gasteiger partial charge is 0.449 e. The van der Waals surface area contributed by atoms with Crippen molar-refractivity contribution in [3.05, 3.63) is 65.4 Å². The van der Waals surface area contributed by atoms with Gasteiger partial charge in [-0.25, -0.2) is 0 Å². The van der Waals surface area contributed by atoms with Crippen LogP contribution in [0.2, 0.25) is 0 Å². The summed E-state index contributed by atoms with van der Waals surface area (Å²) in [7, 11) is 0. The van der Waals surface area contributed by atoms with Crippen molar-refractivity contribution < 1.29 is 14.3 Å². The zero-order valence-electron chi connectivity index (χ0n) is 18.4. The van der Waals surface area contributed by atoms with Gasteiger partial charge in [0, 0.05) is 6.04 Å². The number of para-hydroxylation sites is 2. The van der Waals surface area contributed by atoms with E-state index in [1.807, 2.05) is 55.5 Å². The van der Waals surface area contributed by atoms with Gasteiger partial charge in [-0.2, -0.15) is 0 Å². The van der Waals surface area contributed by atoms with Crippen LogP contribution in [0.3, 0.4) is 0 Å². The third-order valence-electron chi connectivity index (χ3n) is 6.53. The van der Waals surface area contributed by atoms with Gasteiger partial charge in [-0.1, -0.05) is 68.7 Å². The highest BCUT2D eigenvalue weighted by atomic mass is 16.5. The van der Waals surface area contributed by atoms with Crippen molar-refractivity contribution >= 4 is 23.6 Å². The summed E-state index contributed by atoms with van der Waals surface area (Å²) in [5.41, 5.74) is 2.61. The third kappa shape index (κ3) is 4.66. The van der Waals surface area contributed by atoms with Gasteiger partial charge >= 0.3 is 0 Å². The highest BCUT2D eigenvalue weighted by molar-refractivity contribution is 6.12. The summed E-state index contributed by atoms with van der Waals surface area (Å²) in [6.07, 6.45) is 5.06. The fraction of sp³-hybridized carbons (Fsp3) is 0.385. The Morgan fingerprint density at radius 1 is 1.16 bits per heavy atom. The molecular formula is C26H30N2O3. The second-order valence-corrected chi connectivity index (χ2v) is 8.83. The van der Waals surface area contributed by atoms with Gasteiger partial charge in [-0.3, -0.25) is 14.5 Å². The lowest BCUT2D eigenvalue weighted by Gasteiger charge is -2.35. The molecule has 1 saturated carbocycles. The maximum Gasteiger partial charge on any atom is 0.294 e. The molecule has 0 aromatic heterocycles. The molecule has 1 N–H and O–H groups in total. The fourth-order valence-corrected chi connectivity index (χ4v) is 4.51. The van der Waals surface area contributed by atoms with Crippen LogP contribution >= 0.6 is 0 Å². The van der Waals surface area contributed by atoms with Crippen LogP contribution in [0.15, 0.2) is 54.3 Å². The maximum atomic E-state index is 13.3. The maximum absolute atomic E-state index is 13.3. The van der Waals surface area contributed by atoms with Crippen molar-refractivity contribution in [2.75, 3.05) is 11.4 Å². The van der Waals surface area contributed by atoms with Crippen molar-refractivity contribution in [1.82, 2.24) is 5.32 Å². The lowest BCUT2D eigenvalue weighted by atomic mass is 9.78. The number of ether oxygens (including phenoxy) is 1. The molecule has 1 aliphatic carbocycles. The Morgan fingerprint density at radius 2 is 1.97 bits per heavy atom. The van der Waals surface area contributed by atoms with E-state index in [-0.39, 0.29) is 30.2 Å². The molecule has 2 aromatic rings. The van der Waals surface area contributed by atoms with Gasteiger partial charge in [0.2, 0.25) is 5.91 Å². The SMILES string of the molecule is Cc1cccc(/C=C2/Oc3ccccc3N(CC(=O)NC3CCCC(C)C3C)C2=O)c1. The number of carbonyl (C=O) groups excluding carboxylic acids is 2. The van der Waals surface area contributed by atoms with Crippen molar-refractivity contribution in [2.24, 2.45) is 11.8 Å². The number of nitrogens with one attached hydrogen (secondary N) is 1. The zero-order chi connectivity index (χ0) is 22.0. The van der Waals surface area contributed by atoms with Gasteiger partial charge < -0.3 is 10.1 Å². The molecule has 0 saturated heterocycles. The van der Waals surface area contributed by atoms with Crippen LogP contribution in [0.4, 0.5) is 5.69 Å². The quantitative estimate of drug-likeness (QED) is 0.732. The highest BCUT2D eigenvalue weighted by Crippen LogP contribution is 2.35. The van der Waals surface area contributed by atoms with E-state index < -0.39 is 0 Å². The molecule has 2 aromatic carbocycles. The smallest absolute Gasteiger partial charge is 0.294 e. The summed E-state index contributed by atoms with van der Waals surface area (Å²) in [4.78, 5) is 27.7. The second kappa shape index (κ2) is 8.96. The molecule has 5 heteroatoms. The number of fused-ring (bicyclic) bond motifs is 1. The Labute approximate surface area is 184 Å². The van der Waals surface area contributed by atoms with E-state index in [4.69, 9.17) is 4.74 Å². The number of rotatable bonds is 4. The van der Waals surface area contributed by atoms with Crippen LogP contribution in [0.1, 0.15) is 44.2 Å². The molecule has 0 radical (unpaired) electrons. The lowest BCUT2D eigenvalue weighted by Crippen LogP contribution is -2.49. The van der Waals surface area contributed by atoms with Gasteiger partial charge in [-0.15, -0.1) is 0 Å². The first-order chi connectivity index (χ1) is 14.9. The predicted octanol–water partition coefficient (Wildman–Crippen LogP) is 4.70. The Balaban J connectivity index is 1.57. The molecule has 0 spiro atoms. The number of benzene rings is 2. The molecule has 162 valence electrons. The molecule has 1 heterocycles. The second-order valence-electron chi connectivity index (χ2n) is 8.83. The number of nitrogens with zero attached hydrogens (tertiary/aromatic N) is 1. The van der Waals surface area contributed by atoms with E-state index >= 15 is 0 Å². The molecule has 3 atom stereocenters. The van der Waals surface area contributed by atoms with E-state index in [1.165, 1.54) is 11.3 Å². The first-order valence-electron chi connectivity index (χ1n) is 11.1. The summed E-state index contributed by atoms with van der Waals surface area (Å²) in [5, 5.41) is 3.18. The predicted molar refractivity (Wildman–Crippen MR) is 123 cm³/mol. The van der Waals surface area contributed by atoms with Crippen LogP contribution in [-0.2, 0) is 9.59 Å². The highest BCUT2D eigenvalue weighted by Gasteiger charge is 2.33. The Bertz CT molecular complexity index is 1010. The first kappa shape index (κ1) is 21.2. The molecule has 1 aliphatic heterocycles. The van der Waals surface area contributed by atoms with Crippen LogP contribution in [-0.4, -0.2) is 24.4 Å². The van der Waals surface area contributed by atoms with E-state index in [1.54, 1.807) is 6.08 Å². The molecular weight excluding hydrogens is 388 g/mol. The minimum atomic E-state index is -0.305. The average Bonchev–Trinajstić information content (AvgIpc) is 2.74. The van der Waals surface area contributed by atoms with Crippen LogP contribution in [0, 0.1) is 18.8 Å². The van der Waals surface area contributed by atoms with Crippen molar-refractivity contribution in [3.8, 4) is 5.75 Å². The molecule has 2 aliphatic rings. The number of carbonyl (C=O) groups is 2. The average molecular weight is 419 g/mol. The van der Waals surface area contributed by atoms with Crippen LogP contribution in [0.25, 0.3) is 6.08 Å². The Hall–Kier alpha value is -3.08. The molecule has 5 nitrogen and oxygen atoms in total. The van der Waals surface area contributed by atoms with Gasteiger partial charge in [0.15, 0.2) is 11.5 Å². The molecule has 0 bridgehead atoms. The van der Waals surface area contributed by atoms with Crippen molar-refractivity contribution in [1.29, 1.82) is 0 Å². The summed E-state index contributed by atoms with van der Waals surface area (Å²) in [6.45, 7) is 6.42. The number of anilines is 1. The van der Waals surface area contributed by atoms with Crippen molar-refractivity contribution in [2.45, 2.75) is 46.1 Å². The third-order valence-corrected chi connectivity index (χ3v) is 6.53. The first-order valence-corrected chi connectivity index (χ1v) is 11.1. The topological polar surface area (TPSA) is 58.6 Å². The van der Waals surface area contributed by atoms with Gasteiger partial charge in [0.25, 0.3) is 5.91 Å². The van der Waals surface area contributed by atoms with E-state index in [9.17, 15) is 9.59 Å². The van der Waals surface area contributed by atoms with Gasteiger partial charge in [-0.05, 0) is 49.0 Å². The lowest BCUT2D eigenvalue weighted by molar-refractivity contribution is -0.124. The normalized spacial score (nSPS) is 24.5. The number of hydrogen-bond donors (Lipinski definition) is 1. The number of amides is 2. The number of aryl methyl sites for hydroxylation is 1. The summed E-state index contributed by atoms with van der Waals surface area (Å²) in [5.74, 6) is 1.38. The number of hydrogen-bond acceptors (Lipinski definition) is 3. The summed E-state index contributed by atoms with van der Waals surface area (Å²) in [6, 6.07) is 15.4. The molecule has 4 rings (SSSR count). The summed E-state index contributed by atoms with van der Waals surface area (Å²) >= 11 is 0. The van der Waals surface area contributed by atoms with Crippen molar-refractivity contribution in [3.63, 3.8) is 0 Å². The van der Waals surface area contributed by atoms with Crippen LogP contribution < -0.4 is 15.0 Å². The molecule has 31 heavy (non-hydrogen) atoms. The Morgan fingerprint density at radius 3 is 2.77 bits per heavy atom. The standard InChI is InChI=1S/C26H30N2O3/c1-17-8-6-10-20(14-17)15-24-26(30)28(22-12-4-5-13-23(22)31-24)16-25(29)27-21-11-7-9-18(2)19(21)3/h4-6,8,10,12-15,18-19,21H,7,9,11,16H2,1-3H3,(H,27,29)/b24-15+. The fourth-order valence-electron chi connectivity index (χ4n) is 4.51. The molecule has 1 fully saturated rings. The zero-order valence-corrected chi connectivity index (χ0v) is 18.4. The van der Waals surface area contributed by atoms with Crippen LogP contribution in [0.5, 0.6) is 5.75 Å². The monoisotopic (exact) mass is 418 g/mol. The minimum absolute atomic E-state index is 0.0258. The molecule has 3 unspecified atom stereocenters. The van der Waals surface area contributed by atoms with E-state index in [0.29, 0.717) is 23.3 Å². The molecule has 2 amide bonds.